The van der Waals surface area contributed by atoms with Crippen molar-refractivity contribution < 1.29 is 49.3 Å². The van der Waals surface area contributed by atoms with E-state index in [0.717, 1.165) is 0 Å². The average Bonchev–Trinajstić information content (AvgIpc) is 2.96. The molecule has 0 amide bonds. The molecule has 3 rings (SSSR count). The molecule has 4 unspecified atom stereocenters. The van der Waals surface area contributed by atoms with Crippen LogP contribution in [0.15, 0.2) is 11.8 Å². The molecule has 10 heteroatoms. The van der Waals surface area contributed by atoms with Crippen LogP contribution in [-0.2, 0) is 23.7 Å². The van der Waals surface area contributed by atoms with Crippen LogP contribution in [0.4, 0.5) is 0 Å². The van der Waals surface area contributed by atoms with Gasteiger partial charge in [0.15, 0.2) is 6.29 Å². The first-order valence-electron chi connectivity index (χ1n) is 8.88. The van der Waals surface area contributed by atoms with Gasteiger partial charge in [0.25, 0.3) is 0 Å². The van der Waals surface area contributed by atoms with E-state index < -0.39 is 61.6 Å². The third-order valence-corrected chi connectivity index (χ3v) is 5.75. The number of esters is 1. The molecule has 2 aliphatic heterocycles. The molecule has 1 saturated carbocycles. The quantitative estimate of drug-likeness (QED) is 0.336. The summed E-state index contributed by atoms with van der Waals surface area (Å²) >= 11 is 0. The summed E-state index contributed by atoms with van der Waals surface area (Å²) in [4.78, 5) is 12.0. The van der Waals surface area contributed by atoms with Crippen LogP contribution in [0.5, 0.6) is 0 Å². The van der Waals surface area contributed by atoms with E-state index in [-0.39, 0.29) is 11.8 Å². The molecule has 0 bridgehead atoms. The monoisotopic (exact) mass is 390 g/mol. The Labute approximate surface area is 155 Å². The molecule has 0 aromatic heterocycles. The van der Waals surface area contributed by atoms with Crippen molar-refractivity contribution in [1.82, 2.24) is 0 Å². The Bertz CT molecular complexity index is 578. The van der Waals surface area contributed by atoms with Crippen molar-refractivity contribution in [3.63, 3.8) is 0 Å². The topological polar surface area (TPSA) is 155 Å². The van der Waals surface area contributed by atoms with Crippen LogP contribution in [-0.4, -0.2) is 88.3 Å². The molecule has 10 nitrogen and oxygen atoms in total. The minimum absolute atomic E-state index is 0.279. The highest BCUT2D eigenvalue weighted by Gasteiger charge is 2.53. The van der Waals surface area contributed by atoms with Crippen LogP contribution in [0.3, 0.4) is 0 Å². The van der Waals surface area contributed by atoms with Crippen molar-refractivity contribution in [3.05, 3.63) is 11.8 Å². The zero-order valence-corrected chi connectivity index (χ0v) is 15.0. The largest absolute Gasteiger partial charge is 0.472 e. The Morgan fingerprint density at radius 2 is 1.89 bits per heavy atom. The lowest BCUT2D eigenvalue weighted by atomic mass is 9.83. The van der Waals surface area contributed by atoms with E-state index in [2.05, 4.69) is 0 Å². The van der Waals surface area contributed by atoms with Gasteiger partial charge in [-0.05, 0) is 12.3 Å². The van der Waals surface area contributed by atoms with Gasteiger partial charge in [0.2, 0.25) is 6.29 Å². The first-order valence-corrected chi connectivity index (χ1v) is 8.88. The van der Waals surface area contributed by atoms with Gasteiger partial charge in [-0.2, -0.15) is 0 Å². The minimum atomic E-state index is -1.58. The number of hydrogen-bond acceptors (Lipinski definition) is 10. The molecular formula is C17H26O10. The van der Waals surface area contributed by atoms with Crippen molar-refractivity contribution in [2.75, 3.05) is 13.7 Å². The second-order valence-electron chi connectivity index (χ2n) is 7.25. The van der Waals surface area contributed by atoms with E-state index in [4.69, 9.17) is 18.9 Å². The first-order chi connectivity index (χ1) is 12.8. The highest BCUT2D eigenvalue weighted by molar-refractivity contribution is 5.89. The number of carbonyl (C=O) groups excluding carboxylic acids is 1. The summed E-state index contributed by atoms with van der Waals surface area (Å²) in [5, 5.41) is 49.4. The Morgan fingerprint density at radius 3 is 2.52 bits per heavy atom. The molecule has 154 valence electrons. The van der Waals surface area contributed by atoms with Gasteiger partial charge in [-0.25, -0.2) is 4.79 Å². The number of aliphatic hydroxyl groups excluding tert-OH is 5. The van der Waals surface area contributed by atoms with E-state index in [1.165, 1.54) is 13.4 Å². The molecule has 2 heterocycles. The van der Waals surface area contributed by atoms with Crippen LogP contribution in [0, 0.1) is 17.8 Å². The molecule has 1 saturated heterocycles. The normalized spacial score (nSPS) is 47.0. The Kier molecular flexibility index (Phi) is 6.06. The highest BCUT2D eigenvalue weighted by atomic mass is 16.8. The summed E-state index contributed by atoms with van der Waals surface area (Å²) in [5.41, 5.74) is 0.291. The molecule has 3 aliphatic rings. The molecule has 0 aromatic carbocycles. The van der Waals surface area contributed by atoms with Gasteiger partial charge in [0.05, 0.1) is 31.7 Å². The van der Waals surface area contributed by atoms with Crippen LogP contribution in [0.2, 0.25) is 0 Å². The van der Waals surface area contributed by atoms with E-state index >= 15 is 0 Å². The maximum atomic E-state index is 12.0. The molecular weight excluding hydrogens is 364 g/mol. The van der Waals surface area contributed by atoms with Gasteiger partial charge in [-0.1, -0.05) is 6.92 Å². The predicted molar refractivity (Wildman–Crippen MR) is 86.6 cm³/mol. The van der Waals surface area contributed by atoms with Gasteiger partial charge in [-0.3, -0.25) is 0 Å². The first kappa shape index (κ1) is 20.5. The van der Waals surface area contributed by atoms with Crippen LogP contribution < -0.4 is 0 Å². The zero-order chi connectivity index (χ0) is 19.9. The number of aliphatic hydroxyl groups is 5. The van der Waals surface area contributed by atoms with Crippen molar-refractivity contribution in [2.24, 2.45) is 17.8 Å². The summed E-state index contributed by atoms with van der Waals surface area (Å²) < 4.78 is 21.4. The Hall–Kier alpha value is -1.27. The van der Waals surface area contributed by atoms with Crippen LogP contribution in [0.25, 0.3) is 0 Å². The Morgan fingerprint density at radius 1 is 1.19 bits per heavy atom. The molecule has 0 aromatic rings. The van der Waals surface area contributed by atoms with E-state index in [9.17, 15) is 30.3 Å². The summed E-state index contributed by atoms with van der Waals surface area (Å²) in [6, 6.07) is 0. The van der Waals surface area contributed by atoms with E-state index in [1.807, 2.05) is 0 Å². The van der Waals surface area contributed by atoms with Crippen LogP contribution in [0.1, 0.15) is 13.3 Å². The predicted octanol–water partition coefficient (Wildman–Crippen LogP) is -2.15. The fourth-order valence-electron chi connectivity index (χ4n) is 4.10. The SMILES string of the molecule is COC(=O)C1=CO[C@@H](O[C@@H]2O[C@H](CO)[C@@H](O)[C@H](O)[C@H]2O)C2C1CC(O)C2C. The molecule has 0 spiro atoms. The molecule has 5 N–H and O–H groups in total. The highest BCUT2D eigenvalue weighted by Crippen LogP contribution is 2.47. The number of rotatable bonds is 4. The van der Waals surface area contributed by atoms with Gasteiger partial charge in [0.1, 0.15) is 24.4 Å². The second kappa shape index (κ2) is 8.00. The number of carbonyl (C=O) groups is 1. The number of ether oxygens (including phenoxy) is 4. The lowest BCUT2D eigenvalue weighted by molar-refractivity contribution is -0.342. The van der Waals surface area contributed by atoms with E-state index in [0.29, 0.717) is 12.0 Å². The average molecular weight is 390 g/mol. The third kappa shape index (κ3) is 3.58. The summed E-state index contributed by atoms with van der Waals surface area (Å²) in [7, 11) is 1.25. The molecule has 10 atom stereocenters. The van der Waals surface area contributed by atoms with E-state index in [1.54, 1.807) is 6.92 Å². The summed E-state index contributed by atoms with van der Waals surface area (Å²) in [6.45, 7) is 1.21. The lowest BCUT2D eigenvalue weighted by Gasteiger charge is -2.43. The third-order valence-electron chi connectivity index (χ3n) is 5.75. The summed E-state index contributed by atoms with van der Waals surface area (Å²) in [5.74, 6) is -1.63. The molecule has 2 fully saturated rings. The van der Waals surface area contributed by atoms with Crippen molar-refractivity contribution in [3.8, 4) is 0 Å². The number of hydrogen-bond donors (Lipinski definition) is 5. The molecule has 0 radical (unpaired) electrons. The summed E-state index contributed by atoms with van der Waals surface area (Å²) in [6.07, 6.45) is -7.25. The van der Waals surface area contributed by atoms with Gasteiger partial charge in [0, 0.05) is 11.8 Å². The van der Waals surface area contributed by atoms with Gasteiger partial charge >= 0.3 is 5.97 Å². The minimum Gasteiger partial charge on any atom is -0.472 e. The van der Waals surface area contributed by atoms with Crippen molar-refractivity contribution >= 4 is 5.97 Å². The zero-order valence-electron chi connectivity index (χ0n) is 15.0. The van der Waals surface area contributed by atoms with Crippen LogP contribution >= 0.6 is 0 Å². The van der Waals surface area contributed by atoms with Gasteiger partial charge in [-0.15, -0.1) is 0 Å². The fourth-order valence-corrected chi connectivity index (χ4v) is 4.10. The smallest absolute Gasteiger partial charge is 0.337 e. The maximum Gasteiger partial charge on any atom is 0.337 e. The molecule has 1 aliphatic carbocycles. The molecule has 27 heavy (non-hydrogen) atoms. The number of fused-ring (bicyclic) bond motifs is 1. The van der Waals surface area contributed by atoms with Gasteiger partial charge < -0.3 is 44.5 Å². The fraction of sp³-hybridized carbons (Fsp3) is 0.824. The maximum absolute atomic E-state index is 12.0. The van der Waals surface area contributed by atoms with Crippen molar-refractivity contribution in [2.45, 2.75) is 56.4 Å². The standard InChI is InChI=1S/C17H26O10/c1-6-9(19)3-7-8(15(23)24-2)5-25-16(11(6)7)27-17-14(22)13(21)12(20)10(4-18)26-17/h5-7,9-14,16-22H,3-4H2,1-2H3/t6?,7?,9?,10-,11?,12-,13+,14-,16+,17+/m1/s1. The van der Waals surface area contributed by atoms with Crippen molar-refractivity contribution in [1.29, 1.82) is 0 Å². The second-order valence-corrected chi connectivity index (χ2v) is 7.25. The number of methoxy groups -OCH3 is 1. The lowest BCUT2D eigenvalue weighted by Crippen LogP contribution is -2.60. The Balaban J connectivity index is 1.80.